The molecule has 0 aromatic carbocycles. The minimum absolute atomic E-state index is 0.0111. The summed E-state index contributed by atoms with van der Waals surface area (Å²) in [5.74, 6) is 0.827. The van der Waals surface area contributed by atoms with E-state index in [0.717, 1.165) is 17.9 Å². The number of hydrogen-bond acceptors (Lipinski definition) is 4. The molecule has 1 aromatic rings. The van der Waals surface area contributed by atoms with Crippen LogP contribution in [-0.2, 0) is 4.79 Å². The van der Waals surface area contributed by atoms with Crippen LogP contribution >= 0.6 is 0 Å². The molecule has 1 aromatic heterocycles. The molecule has 3 atom stereocenters. The molecular formula is C14H20N4O. The van der Waals surface area contributed by atoms with Crippen LogP contribution in [0.25, 0.3) is 0 Å². The SMILES string of the molecule is CC(NC(=O)C1CC(C2CC2)NN1)c1cccnc1. The number of nitrogens with zero attached hydrogens (tertiary/aromatic N) is 1. The van der Waals surface area contributed by atoms with Gasteiger partial charge < -0.3 is 5.32 Å². The first kappa shape index (κ1) is 12.6. The van der Waals surface area contributed by atoms with Crippen LogP contribution in [0.5, 0.6) is 0 Å². The van der Waals surface area contributed by atoms with Crippen molar-refractivity contribution in [1.82, 2.24) is 21.2 Å². The largest absolute Gasteiger partial charge is 0.348 e. The number of aromatic nitrogens is 1. The van der Waals surface area contributed by atoms with Gasteiger partial charge in [0.15, 0.2) is 0 Å². The van der Waals surface area contributed by atoms with E-state index in [-0.39, 0.29) is 18.0 Å². The van der Waals surface area contributed by atoms with E-state index < -0.39 is 0 Å². The van der Waals surface area contributed by atoms with Gasteiger partial charge in [0.2, 0.25) is 5.91 Å². The Hall–Kier alpha value is -1.46. The fourth-order valence-corrected chi connectivity index (χ4v) is 2.59. The van der Waals surface area contributed by atoms with Gasteiger partial charge in [0.1, 0.15) is 6.04 Å². The van der Waals surface area contributed by atoms with Crippen LogP contribution in [0.15, 0.2) is 24.5 Å². The standard InChI is InChI=1S/C14H20N4O/c1-9(11-3-2-6-15-8-11)16-14(19)13-7-12(17-18-13)10-4-5-10/h2-3,6,8-10,12-13,17-18H,4-5,7H2,1H3,(H,16,19). The second-order valence-corrected chi connectivity index (χ2v) is 5.54. The van der Waals surface area contributed by atoms with Gasteiger partial charge >= 0.3 is 0 Å². The van der Waals surface area contributed by atoms with E-state index in [4.69, 9.17) is 0 Å². The van der Waals surface area contributed by atoms with E-state index in [1.54, 1.807) is 12.4 Å². The Morgan fingerprint density at radius 3 is 3.00 bits per heavy atom. The predicted molar refractivity (Wildman–Crippen MR) is 72.0 cm³/mol. The normalized spacial score (nSPS) is 28.1. The molecule has 0 radical (unpaired) electrons. The number of hydrazine groups is 1. The van der Waals surface area contributed by atoms with Gasteiger partial charge in [-0.15, -0.1) is 0 Å². The summed E-state index contributed by atoms with van der Waals surface area (Å²) < 4.78 is 0. The molecule has 3 unspecified atom stereocenters. The highest BCUT2D eigenvalue weighted by Crippen LogP contribution is 2.35. The summed E-state index contributed by atoms with van der Waals surface area (Å²) in [6.07, 6.45) is 6.99. The number of nitrogens with one attached hydrogen (secondary N) is 3. The maximum absolute atomic E-state index is 12.2. The predicted octanol–water partition coefficient (Wildman–Crippen LogP) is 0.904. The summed E-state index contributed by atoms with van der Waals surface area (Å²) in [6.45, 7) is 1.98. The average molecular weight is 260 g/mol. The molecule has 2 heterocycles. The third kappa shape index (κ3) is 2.93. The van der Waals surface area contributed by atoms with Crippen LogP contribution in [0.4, 0.5) is 0 Å². The third-order valence-corrected chi connectivity index (χ3v) is 3.98. The lowest BCUT2D eigenvalue weighted by atomic mass is 10.0. The van der Waals surface area contributed by atoms with Gasteiger partial charge in [-0.2, -0.15) is 0 Å². The minimum atomic E-state index is -0.121. The quantitative estimate of drug-likeness (QED) is 0.752. The van der Waals surface area contributed by atoms with Gasteiger partial charge in [-0.1, -0.05) is 6.07 Å². The molecule has 1 saturated carbocycles. The topological polar surface area (TPSA) is 66.1 Å². The number of rotatable bonds is 4. The fourth-order valence-electron chi connectivity index (χ4n) is 2.59. The number of hydrogen-bond donors (Lipinski definition) is 3. The highest BCUT2D eigenvalue weighted by molar-refractivity contribution is 5.82. The third-order valence-electron chi connectivity index (χ3n) is 3.98. The first-order valence-corrected chi connectivity index (χ1v) is 6.95. The van der Waals surface area contributed by atoms with E-state index in [2.05, 4.69) is 21.2 Å². The number of carbonyl (C=O) groups is 1. The van der Waals surface area contributed by atoms with Crippen molar-refractivity contribution < 1.29 is 4.79 Å². The van der Waals surface area contributed by atoms with E-state index in [1.807, 2.05) is 19.1 Å². The van der Waals surface area contributed by atoms with Crippen LogP contribution < -0.4 is 16.2 Å². The van der Waals surface area contributed by atoms with Gasteiger partial charge in [-0.05, 0) is 43.7 Å². The van der Waals surface area contributed by atoms with E-state index >= 15 is 0 Å². The van der Waals surface area contributed by atoms with Crippen LogP contribution in [0.1, 0.15) is 37.8 Å². The van der Waals surface area contributed by atoms with Crippen molar-refractivity contribution >= 4 is 5.91 Å². The van der Waals surface area contributed by atoms with Gasteiger partial charge in [-0.25, -0.2) is 5.43 Å². The number of carbonyl (C=O) groups excluding carboxylic acids is 1. The summed E-state index contributed by atoms with van der Waals surface area (Å²) in [7, 11) is 0. The van der Waals surface area contributed by atoms with Gasteiger partial charge in [0.05, 0.1) is 6.04 Å². The molecule has 1 saturated heterocycles. The van der Waals surface area contributed by atoms with Crippen molar-refractivity contribution in [2.24, 2.45) is 5.92 Å². The lowest BCUT2D eigenvalue weighted by Gasteiger charge is -2.16. The Labute approximate surface area is 113 Å². The van der Waals surface area contributed by atoms with Crippen molar-refractivity contribution in [1.29, 1.82) is 0 Å². The zero-order valence-electron chi connectivity index (χ0n) is 11.1. The first-order chi connectivity index (χ1) is 9.24. The van der Waals surface area contributed by atoms with E-state index in [9.17, 15) is 4.79 Å². The summed E-state index contributed by atoms with van der Waals surface area (Å²) >= 11 is 0. The van der Waals surface area contributed by atoms with Crippen LogP contribution in [0.2, 0.25) is 0 Å². The molecule has 0 bridgehead atoms. The smallest absolute Gasteiger partial charge is 0.239 e. The maximum Gasteiger partial charge on any atom is 0.239 e. The van der Waals surface area contributed by atoms with Crippen molar-refractivity contribution in [3.8, 4) is 0 Å². The van der Waals surface area contributed by atoms with Crippen LogP contribution in [0, 0.1) is 5.92 Å². The Bertz CT molecular complexity index is 446. The highest BCUT2D eigenvalue weighted by Gasteiger charge is 2.38. The Morgan fingerprint density at radius 2 is 2.32 bits per heavy atom. The van der Waals surface area contributed by atoms with Crippen molar-refractivity contribution in [2.45, 2.75) is 44.3 Å². The van der Waals surface area contributed by atoms with Crippen molar-refractivity contribution in [3.63, 3.8) is 0 Å². The highest BCUT2D eigenvalue weighted by atomic mass is 16.2. The molecule has 102 valence electrons. The average Bonchev–Trinajstić information content (AvgIpc) is 3.17. The fraction of sp³-hybridized carbons (Fsp3) is 0.571. The second-order valence-electron chi connectivity index (χ2n) is 5.54. The second kappa shape index (κ2) is 5.27. The van der Waals surface area contributed by atoms with Gasteiger partial charge in [-0.3, -0.25) is 15.2 Å². The first-order valence-electron chi connectivity index (χ1n) is 6.95. The zero-order valence-corrected chi connectivity index (χ0v) is 11.1. The molecule has 2 aliphatic rings. The molecular weight excluding hydrogens is 240 g/mol. The zero-order chi connectivity index (χ0) is 13.2. The lowest BCUT2D eigenvalue weighted by Crippen LogP contribution is -2.44. The summed E-state index contributed by atoms with van der Waals surface area (Å²) in [5.41, 5.74) is 7.37. The molecule has 1 aliphatic carbocycles. The molecule has 1 aliphatic heterocycles. The molecule has 5 heteroatoms. The molecule has 3 rings (SSSR count). The Balaban J connectivity index is 1.53. The number of pyridine rings is 1. The molecule has 0 spiro atoms. The van der Waals surface area contributed by atoms with Crippen LogP contribution in [0.3, 0.4) is 0 Å². The Morgan fingerprint density at radius 1 is 1.47 bits per heavy atom. The molecule has 19 heavy (non-hydrogen) atoms. The lowest BCUT2D eigenvalue weighted by molar-refractivity contribution is -0.123. The van der Waals surface area contributed by atoms with E-state index in [1.165, 1.54) is 12.8 Å². The minimum Gasteiger partial charge on any atom is -0.348 e. The molecule has 5 nitrogen and oxygen atoms in total. The molecule has 1 amide bonds. The summed E-state index contributed by atoms with van der Waals surface area (Å²) in [6, 6.07) is 4.19. The van der Waals surface area contributed by atoms with Crippen molar-refractivity contribution in [3.05, 3.63) is 30.1 Å². The van der Waals surface area contributed by atoms with Gasteiger partial charge in [0.25, 0.3) is 0 Å². The van der Waals surface area contributed by atoms with Crippen molar-refractivity contribution in [2.75, 3.05) is 0 Å². The maximum atomic E-state index is 12.2. The van der Waals surface area contributed by atoms with Gasteiger partial charge in [0, 0.05) is 18.4 Å². The Kier molecular flexibility index (Phi) is 3.48. The van der Waals surface area contributed by atoms with Crippen LogP contribution in [-0.4, -0.2) is 23.0 Å². The summed E-state index contributed by atoms with van der Waals surface area (Å²) in [5, 5.41) is 3.04. The monoisotopic (exact) mass is 260 g/mol. The molecule has 2 fully saturated rings. The van der Waals surface area contributed by atoms with E-state index in [0.29, 0.717) is 6.04 Å². The summed E-state index contributed by atoms with van der Waals surface area (Å²) in [4.78, 5) is 16.3. The molecule has 3 N–H and O–H groups in total. The number of amides is 1.